The van der Waals surface area contributed by atoms with Crippen molar-refractivity contribution in [3.05, 3.63) is 34.1 Å². The first kappa shape index (κ1) is 15.3. The second kappa shape index (κ2) is 6.44. The normalized spacial score (nSPS) is 13.9. The molecule has 0 spiro atoms. The van der Waals surface area contributed by atoms with Gasteiger partial charge in [0.2, 0.25) is 0 Å². The van der Waals surface area contributed by atoms with Gasteiger partial charge in [-0.15, -0.1) is 0 Å². The van der Waals surface area contributed by atoms with Crippen LogP contribution in [0.1, 0.15) is 13.3 Å². The lowest BCUT2D eigenvalue weighted by Crippen LogP contribution is -2.34. The molecular weight excluding hydrogens is 255 g/mol. The molecule has 0 fully saturated rings. The molecule has 106 valence electrons. The molecule has 1 aromatic carbocycles. The quantitative estimate of drug-likeness (QED) is 0.585. The minimum atomic E-state index is -1.10. The van der Waals surface area contributed by atoms with Gasteiger partial charge in [-0.1, -0.05) is 0 Å². The standard InChI is InChI=1S/C12H17FN2O4/c1-12(16,5-6-19-2)8-14-10-7-9(13)3-4-11(10)15(17)18/h3-4,7,14,16H,5-6,8H2,1-2H3. The summed E-state index contributed by atoms with van der Waals surface area (Å²) >= 11 is 0. The molecule has 0 amide bonds. The van der Waals surface area contributed by atoms with Crippen molar-refractivity contribution in [2.75, 3.05) is 25.6 Å². The van der Waals surface area contributed by atoms with E-state index < -0.39 is 16.3 Å². The van der Waals surface area contributed by atoms with Crippen LogP contribution >= 0.6 is 0 Å². The van der Waals surface area contributed by atoms with Crippen molar-refractivity contribution in [2.45, 2.75) is 18.9 Å². The van der Waals surface area contributed by atoms with Gasteiger partial charge in [0.15, 0.2) is 0 Å². The Morgan fingerprint density at radius 2 is 2.26 bits per heavy atom. The lowest BCUT2D eigenvalue weighted by molar-refractivity contribution is -0.384. The fourth-order valence-electron chi connectivity index (χ4n) is 1.51. The molecule has 6 nitrogen and oxygen atoms in total. The molecule has 0 aliphatic heterocycles. The van der Waals surface area contributed by atoms with Gasteiger partial charge in [-0.2, -0.15) is 0 Å². The van der Waals surface area contributed by atoms with Gasteiger partial charge in [-0.3, -0.25) is 10.1 Å². The molecule has 0 saturated heterocycles. The smallest absolute Gasteiger partial charge is 0.292 e. The molecule has 2 N–H and O–H groups in total. The minimum Gasteiger partial charge on any atom is -0.388 e. The van der Waals surface area contributed by atoms with Crippen LogP contribution in [0.5, 0.6) is 0 Å². The van der Waals surface area contributed by atoms with E-state index in [2.05, 4.69) is 5.32 Å². The highest BCUT2D eigenvalue weighted by Gasteiger charge is 2.22. The zero-order valence-electron chi connectivity index (χ0n) is 10.9. The minimum absolute atomic E-state index is 0.0442. The van der Waals surface area contributed by atoms with Crippen molar-refractivity contribution in [3.63, 3.8) is 0 Å². The summed E-state index contributed by atoms with van der Waals surface area (Å²) in [5.74, 6) is -0.579. The highest BCUT2D eigenvalue weighted by Crippen LogP contribution is 2.25. The predicted octanol–water partition coefficient (Wildman–Crippen LogP) is 1.93. The van der Waals surface area contributed by atoms with E-state index in [0.29, 0.717) is 13.0 Å². The Labute approximate surface area is 110 Å². The molecule has 1 unspecified atom stereocenters. The summed E-state index contributed by atoms with van der Waals surface area (Å²) in [7, 11) is 1.51. The third-order valence-electron chi connectivity index (χ3n) is 2.66. The third kappa shape index (κ3) is 4.80. The summed E-state index contributed by atoms with van der Waals surface area (Å²) in [6.07, 6.45) is 0.361. The number of benzene rings is 1. The summed E-state index contributed by atoms with van der Waals surface area (Å²) in [5.41, 5.74) is -1.29. The lowest BCUT2D eigenvalue weighted by Gasteiger charge is -2.23. The molecule has 0 aliphatic rings. The maximum atomic E-state index is 13.1. The van der Waals surface area contributed by atoms with Crippen molar-refractivity contribution in [1.82, 2.24) is 0 Å². The van der Waals surface area contributed by atoms with E-state index in [9.17, 15) is 19.6 Å². The van der Waals surface area contributed by atoms with Crippen LogP contribution in [-0.2, 0) is 4.74 Å². The van der Waals surface area contributed by atoms with Crippen LogP contribution in [0.15, 0.2) is 18.2 Å². The van der Waals surface area contributed by atoms with Gasteiger partial charge in [-0.25, -0.2) is 4.39 Å². The average molecular weight is 272 g/mol. The van der Waals surface area contributed by atoms with Crippen LogP contribution in [-0.4, -0.2) is 35.9 Å². The number of hydrogen-bond donors (Lipinski definition) is 2. The van der Waals surface area contributed by atoms with Gasteiger partial charge in [0.25, 0.3) is 5.69 Å². The molecule has 0 aromatic heterocycles. The average Bonchev–Trinajstić information content (AvgIpc) is 2.34. The number of nitrogens with one attached hydrogen (secondary N) is 1. The lowest BCUT2D eigenvalue weighted by atomic mass is 10.0. The van der Waals surface area contributed by atoms with Crippen molar-refractivity contribution in [3.8, 4) is 0 Å². The molecular formula is C12H17FN2O4. The number of nitro groups is 1. The molecule has 7 heteroatoms. The molecule has 1 atom stereocenters. The largest absolute Gasteiger partial charge is 0.388 e. The van der Waals surface area contributed by atoms with Crippen molar-refractivity contribution >= 4 is 11.4 Å². The van der Waals surface area contributed by atoms with Crippen molar-refractivity contribution in [1.29, 1.82) is 0 Å². The number of aliphatic hydroxyl groups is 1. The van der Waals surface area contributed by atoms with E-state index in [0.717, 1.165) is 18.2 Å². The van der Waals surface area contributed by atoms with E-state index in [1.165, 1.54) is 7.11 Å². The Bertz CT molecular complexity index is 451. The van der Waals surface area contributed by atoms with E-state index in [1.807, 2.05) is 0 Å². The van der Waals surface area contributed by atoms with Crippen LogP contribution in [0.4, 0.5) is 15.8 Å². The van der Waals surface area contributed by atoms with Gasteiger partial charge in [0.1, 0.15) is 11.5 Å². The van der Waals surface area contributed by atoms with Crippen LogP contribution in [0.2, 0.25) is 0 Å². The maximum Gasteiger partial charge on any atom is 0.292 e. The van der Waals surface area contributed by atoms with Crippen LogP contribution < -0.4 is 5.32 Å². The summed E-state index contributed by atoms with van der Waals surface area (Å²) in [6.45, 7) is 1.99. The molecule has 19 heavy (non-hydrogen) atoms. The summed E-state index contributed by atoms with van der Waals surface area (Å²) < 4.78 is 17.9. The number of methoxy groups -OCH3 is 1. The van der Waals surface area contributed by atoms with Gasteiger partial charge >= 0.3 is 0 Å². The number of ether oxygens (including phenoxy) is 1. The van der Waals surface area contributed by atoms with Gasteiger partial charge < -0.3 is 15.2 Å². The zero-order valence-corrected chi connectivity index (χ0v) is 10.9. The molecule has 0 heterocycles. The molecule has 1 aromatic rings. The number of halogens is 1. The van der Waals surface area contributed by atoms with E-state index >= 15 is 0 Å². The molecule has 0 saturated carbocycles. The van der Waals surface area contributed by atoms with Gasteiger partial charge in [0, 0.05) is 38.8 Å². The fourth-order valence-corrected chi connectivity index (χ4v) is 1.51. The number of hydrogen-bond acceptors (Lipinski definition) is 5. The topological polar surface area (TPSA) is 84.6 Å². The summed E-state index contributed by atoms with van der Waals surface area (Å²) in [6, 6.07) is 3.14. The SMILES string of the molecule is COCCC(C)(O)CNc1cc(F)ccc1[N+](=O)[O-]. The molecule has 0 radical (unpaired) electrons. The highest BCUT2D eigenvalue weighted by molar-refractivity contribution is 5.61. The van der Waals surface area contributed by atoms with E-state index in [1.54, 1.807) is 6.92 Å². The zero-order chi connectivity index (χ0) is 14.5. The predicted molar refractivity (Wildman–Crippen MR) is 68.7 cm³/mol. The first-order valence-electron chi connectivity index (χ1n) is 5.75. The van der Waals surface area contributed by atoms with E-state index in [-0.39, 0.29) is 17.9 Å². The molecule has 0 aliphatic carbocycles. The van der Waals surface area contributed by atoms with Crippen molar-refractivity contribution < 1.29 is 19.2 Å². The number of rotatable bonds is 7. The van der Waals surface area contributed by atoms with E-state index in [4.69, 9.17) is 4.74 Å². The first-order valence-corrected chi connectivity index (χ1v) is 5.75. The maximum absolute atomic E-state index is 13.1. The number of nitro benzene ring substituents is 1. The summed E-state index contributed by atoms with van der Waals surface area (Å²) in [4.78, 5) is 10.2. The van der Waals surface area contributed by atoms with Crippen LogP contribution in [0.25, 0.3) is 0 Å². The summed E-state index contributed by atoms with van der Waals surface area (Å²) in [5, 5.41) is 23.5. The van der Waals surface area contributed by atoms with Crippen molar-refractivity contribution in [2.24, 2.45) is 0 Å². The van der Waals surface area contributed by atoms with Crippen LogP contribution in [0, 0.1) is 15.9 Å². The Kier molecular flexibility index (Phi) is 5.20. The molecule has 0 bridgehead atoms. The second-order valence-corrected chi connectivity index (χ2v) is 4.51. The first-order chi connectivity index (χ1) is 8.85. The Hall–Kier alpha value is -1.73. The monoisotopic (exact) mass is 272 g/mol. The Morgan fingerprint density at radius 3 is 2.84 bits per heavy atom. The fraction of sp³-hybridized carbons (Fsp3) is 0.500. The van der Waals surface area contributed by atoms with Crippen LogP contribution in [0.3, 0.4) is 0 Å². The van der Waals surface area contributed by atoms with Gasteiger partial charge in [0.05, 0.1) is 10.5 Å². The Morgan fingerprint density at radius 1 is 1.58 bits per heavy atom. The number of anilines is 1. The second-order valence-electron chi connectivity index (χ2n) is 4.51. The highest BCUT2D eigenvalue weighted by atomic mass is 19.1. The Balaban J connectivity index is 2.76. The van der Waals surface area contributed by atoms with Gasteiger partial charge in [-0.05, 0) is 13.0 Å². The third-order valence-corrected chi connectivity index (χ3v) is 2.66. The number of nitrogens with zero attached hydrogens (tertiary/aromatic N) is 1. The molecule has 1 rings (SSSR count).